The van der Waals surface area contributed by atoms with Crippen molar-refractivity contribution in [1.29, 1.82) is 0 Å². The van der Waals surface area contributed by atoms with Gasteiger partial charge >= 0.3 is 0 Å². The van der Waals surface area contributed by atoms with Crippen molar-refractivity contribution in [3.63, 3.8) is 0 Å². The second-order valence-electron chi connectivity index (χ2n) is 8.74. The summed E-state index contributed by atoms with van der Waals surface area (Å²) in [6.07, 6.45) is 1.95. The minimum Gasteiger partial charge on any atom is -0.488 e. The van der Waals surface area contributed by atoms with Crippen LogP contribution in [-0.4, -0.2) is 72.7 Å². The Bertz CT molecular complexity index is 748. The SMILES string of the molecule is C[C@@H]1CN([C@@H](C)CO)C(=O)Cc2cc(NC(=O)C3CC3)ccc2O[C@@H]1CN(C)C. The molecule has 3 rings (SSSR count). The number of fused-ring (bicyclic) bond motifs is 1. The second kappa shape index (κ2) is 9.13. The number of hydrogen-bond acceptors (Lipinski definition) is 5. The Hall–Kier alpha value is -2.12. The van der Waals surface area contributed by atoms with Crippen LogP contribution in [0.3, 0.4) is 0 Å². The fourth-order valence-electron chi connectivity index (χ4n) is 3.67. The van der Waals surface area contributed by atoms with E-state index in [-0.39, 0.29) is 48.8 Å². The van der Waals surface area contributed by atoms with E-state index in [1.165, 1.54) is 0 Å². The predicted octanol–water partition coefficient (Wildman–Crippen LogP) is 1.75. The quantitative estimate of drug-likeness (QED) is 0.756. The Balaban J connectivity index is 1.91. The monoisotopic (exact) mass is 403 g/mol. The molecule has 1 aliphatic heterocycles. The van der Waals surface area contributed by atoms with Gasteiger partial charge in [-0.05, 0) is 52.1 Å². The molecule has 160 valence electrons. The van der Waals surface area contributed by atoms with E-state index in [2.05, 4.69) is 17.1 Å². The van der Waals surface area contributed by atoms with Gasteiger partial charge in [-0.1, -0.05) is 6.92 Å². The molecule has 1 aromatic carbocycles. The molecule has 1 saturated carbocycles. The zero-order valence-corrected chi connectivity index (χ0v) is 17.9. The van der Waals surface area contributed by atoms with E-state index in [1.54, 1.807) is 4.90 Å². The summed E-state index contributed by atoms with van der Waals surface area (Å²) >= 11 is 0. The highest BCUT2D eigenvalue weighted by atomic mass is 16.5. The summed E-state index contributed by atoms with van der Waals surface area (Å²) in [6.45, 7) is 5.10. The summed E-state index contributed by atoms with van der Waals surface area (Å²) < 4.78 is 6.37. The van der Waals surface area contributed by atoms with Crippen LogP contribution >= 0.6 is 0 Å². The molecule has 0 bridgehead atoms. The summed E-state index contributed by atoms with van der Waals surface area (Å²) in [5.41, 5.74) is 1.45. The first kappa shape index (κ1) is 21.6. The van der Waals surface area contributed by atoms with E-state index in [4.69, 9.17) is 4.74 Å². The van der Waals surface area contributed by atoms with Gasteiger partial charge in [-0.3, -0.25) is 9.59 Å². The van der Waals surface area contributed by atoms with Crippen LogP contribution in [0.5, 0.6) is 5.75 Å². The Morgan fingerprint density at radius 1 is 1.38 bits per heavy atom. The number of hydrogen-bond donors (Lipinski definition) is 2. The van der Waals surface area contributed by atoms with Gasteiger partial charge in [0.1, 0.15) is 11.9 Å². The third-order valence-electron chi connectivity index (χ3n) is 5.68. The second-order valence-corrected chi connectivity index (χ2v) is 8.74. The number of anilines is 1. The molecule has 2 amide bonds. The molecule has 2 N–H and O–H groups in total. The molecule has 1 fully saturated rings. The number of carbonyl (C=O) groups excluding carboxylic acids is 2. The molecule has 2 aliphatic rings. The Labute approximate surface area is 173 Å². The van der Waals surface area contributed by atoms with Crippen molar-refractivity contribution in [2.24, 2.45) is 11.8 Å². The summed E-state index contributed by atoms with van der Waals surface area (Å²) in [5, 5.41) is 12.6. The molecule has 1 aromatic rings. The van der Waals surface area contributed by atoms with Crippen LogP contribution in [-0.2, 0) is 16.0 Å². The van der Waals surface area contributed by atoms with E-state index in [9.17, 15) is 14.7 Å². The summed E-state index contributed by atoms with van der Waals surface area (Å²) in [6, 6.07) is 5.28. The largest absolute Gasteiger partial charge is 0.488 e. The van der Waals surface area contributed by atoms with Crippen LogP contribution in [0.1, 0.15) is 32.3 Å². The molecule has 7 nitrogen and oxygen atoms in total. The summed E-state index contributed by atoms with van der Waals surface area (Å²) in [5.74, 6) is 0.883. The average molecular weight is 404 g/mol. The maximum atomic E-state index is 13.1. The molecule has 29 heavy (non-hydrogen) atoms. The smallest absolute Gasteiger partial charge is 0.227 e. The van der Waals surface area contributed by atoms with Crippen molar-refractivity contribution in [3.8, 4) is 5.75 Å². The number of amides is 2. The highest BCUT2D eigenvalue weighted by molar-refractivity contribution is 5.94. The topological polar surface area (TPSA) is 82.1 Å². The Morgan fingerprint density at radius 3 is 2.72 bits per heavy atom. The average Bonchev–Trinajstić information content (AvgIpc) is 3.50. The lowest BCUT2D eigenvalue weighted by molar-refractivity contribution is -0.134. The predicted molar refractivity (Wildman–Crippen MR) is 112 cm³/mol. The van der Waals surface area contributed by atoms with E-state index >= 15 is 0 Å². The van der Waals surface area contributed by atoms with Crippen LogP contribution in [0.2, 0.25) is 0 Å². The standard InChI is InChI=1S/C22H33N3O4/c1-14-11-25(15(2)13-26)21(27)10-17-9-18(23-22(28)16-5-6-16)7-8-19(17)29-20(14)12-24(3)4/h7-9,14-16,20,26H,5-6,10-13H2,1-4H3,(H,23,28)/t14-,15+,20-/m1/s1. The zero-order chi connectivity index (χ0) is 21.1. The van der Waals surface area contributed by atoms with Gasteiger partial charge in [-0.15, -0.1) is 0 Å². The van der Waals surface area contributed by atoms with Gasteiger partial charge in [0.15, 0.2) is 0 Å². The molecule has 1 heterocycles. The van der Waals surface area contributed by atoms with Crippen LogP contribution in [0.4, 0.5) is 5.69 Å². The maximum Gasteiger partial charge on any atom is 0.227 e. The number of carbonyl (C=O) groups is 2. The minimum atomic E-state index is -0.260. The molecule has 0 saturated heterocycles. The number of nitrogens with one attached hydrogen (secondary N) is 1. The van der Waals surface area contributed by atoms with Crippen molar-refractivity contribution in [2.75, 3.05) is 39.1 Å². The lowest BCUT2D eigenvalue weighted by Crippen LogP contribution is -2.47. The van der Waals surface area contributed by atoms with Crippen LogP contribution in [0.25, 0.3) is 0 Å². The number of benzene rings is 1. The Kier molecular flexibility index (Phi) is 6.80. The summed E-state index contributed by atoms with van der Waals surface area (Å²) in [4.78, 5) is 29.0. The van der Waals surface area contributed by atoms with Gasteiger partial charge in [-0.25, -0.2) is 0 Å². The van der Waals surface area contributed by atoms with Crippen molar-refractivity contribution in [2.45, 2.75) is 45.3 Å². The first-order chi connectivity index (χ1) is 13.8. The van der Waals surface area contributed by atoms with Crippen LogP contribution in [0, 0.1) is 11.8 Å². The van der Waals surface area contributed by atoms with Gasteiger partial charge < -0.3 is 25.0 Å². The molecule has 0 radical (unpaired) electrons. The summed E-state index contributed by atoms with van der Waals surface area (Å²) in [7, 11) is 4.00. The highest BCUT2D eigenvalue weighted by Gasteiger charge is 2.32. The van der Waals surface area contributed by atoms with Gasteiger partial charge in [-0.2, -0.15) is 0 Å². The Morgan fingerprint density at radius 2 is 2.10 bits per heavy atom. The number of aliphatic hydroxyl groups is 1. The molecule has 1 aliphatic carbocycles. The number of aliphatic hydroxyl groups excluding tert-OH is 1. The van der Waals surface area contributed by atoms with E-state index in [1.807, 2.05) is 39.2 Å². The highest BCUT2D eigenvalue weighted by Crippen LogP contribution is 2.32. The maximum absolute atomic E-state index is 13.1. The molecule has 7 heteroatoms. The van der Waals surface area contributed by atoms with Crippen molar-refractivity contribution in [3.05, 3.63) is 23.8 Å². The normalized spacial score (nSPS) is 23.5. The minimum absolute atomic E-state index is 0.0369. The molecule has 0 spiro atoms. The molecule has 0 unspecified atom stereocenters. The van der Waals surface area contributed by atoms with Crippen molar-refractivity contribution < 1.29 is 19.4 Å². The van der Waals surface area contributed by atoms with Crippen LogP contribution in [0.15, 0.2) is 18.2 Å². The van der Waals surface area contributed by atoms with Crippen molar-refractivity contribution in [1.82, 2.24) is 9.80 Å². The number of nitrogens with zero attached hydrogens (tertiary/aromatic N) is 2. The third kappa shape index (κ3) is 5.48. The third-order valence-corrected chi connectivity index (χ3v) is 5.68. The number of rotatable bonds is 6. The van der Waals surface area contributed by atoms with Crippen LogP contribution < -0.4 is 10.1 Å². The fraction of sp³-hybridized carbons (Fsp3) is 0.636. The molecular formula is C22H33N3O4. The lowest BCUT2D eigenvalue weighted by atomic mass is 10.0. The molecule has 0 aromatic heterocycles. The van der Waals surface area contributed by atoms with E-state index in [0.29, 0.717) is 18.0 Å². The van der Waals surface area contributed by atoms with Gasteiger partial charge in [0, 0.05) is 36.2 Å². The zero-order valence-electron chi connectivity index (χ0n) is 17.9. The van der Waals surface area contributed by atoms with Gasteiger partial charge in [0.2, 0.25) is 11.8 Å². The lowest BCUT2D eigenvalue weighted by Gasteiger charge is -2.33. The number of ether oxygens (including phenoxy) is 1. The first-order valence-electron chi connectivity index (χ1n) is 10.4. The fourth-order valence-corrected chi connectivity index (χ4v) is 3.67. The van der Waals surface area contributed by atoms with Gasteiger partial charge in [0.05, 0.1) is 19.1 Å². The van der Waals surface area contributed by atoms with E-state index in [0.717, 1.165) is 24.9 Å². The first-order valence-corrected chi connectivity index (χ1v) is 10.4. The number of likely N-dealkylation sites (N-methyl/N-ethyl adjacent to an activating group) is 1. The molecule has 3 atom stereocenters. The van der Waals surface area contributed by atoms with Crippen molar-refractivity contribution >= 4 is 17.5 Å². The molecular weight excluding hydrogens is 370 g/mol. The van der Waals surface area contributed by atoms with E-state index < -0.39 is 0 Å². The van der Waals surface area contributed by atoms with Gasteiger partial charge in [0.25, 0.3) is 0 Å².